The molecule has 4 rings (SSSR count). The Bertz CT molecular complexity index is 1060. The summed E-state index contributed by atoms with van der Waals surface area (Å²) >= 11 is 8.86. The zero-order valence-corrected chi connectivity index (χ0v) is 18.6. The Hall–Kier alpha value is -2.20. The van der Waals surface area contributed by atoms with E-state index in [2.05, 4.69) is 14.7 Å². The van der Waals surface area contributed by atoms with E-state index < -0.39 is 11.6 Å². The van der Waals surface area contributed by atoms with Crippen molar-refractivity contribution in [1.29, 1.82) is 0 Å². The van der Waals surface area contributed by atoms with Crippen molar-refractivity contribution in [3.05, 3.63) is 69.8 Å². The first-order valence-corrected chi connectivity index (χ1v) is 11.7. The zero-order valence-electron chi connectivity index (χ0n) is 16.2. The van der Waals surface area contributed by atoms with E-state index in [-0.39, 0.29) is 24.3 Å². The normalized spacial score (nSPS) is 18.5. The minimum atomic E-state index is -0.462. The topological polar surface area (TPSA) is 73.1 Å². The van der Waals surface area contributed by atoms with Crippen molar-refractivity contribution in [2.45, 2.75) is 23.8 Å². The number of rotatable bonds is 7. The summed E-state index contributed by atoms with van der Waals surface area (Å²) in [6.45, 7) is 0.203. The number of pyridine rings is 1. The van der Waals surface area contributed by atoms with Crippen LogP contribution in [0, 0.1) is 17.6 Å². The monoisotopic (exact) mass is 480 g/mol. The van der Waals surface area contributed by atoms with Crippen LogP contribution in [0.3, 0.4) is 0 Å². The highest BCUT2D eigenvalue weighted by atomic mass is 35.5. The second-order valence-electron chi connectivity index (χ2n) is 6.97. The number of ether oxygens (including phenoxy) is 1. The van der Waals surface area contributed by atoms with E-state index in [9.17, 15) is 8.78 Å². The maximum atomic E-state index is 14.6. The summed E-state index contributed by atoms with van der Waals surface area (Å²) in [7, 11) is 0. The third kappa shape index (κ3) is 5.35. The second-order valence-corrected chi connectivity index (χ2v) is 8.94. The van der Waals surface area contributed by atoms with Gasteiger partial charge in [0.15, 0.2) is 0 Å². The Morgan fingerprint density at radius 2 is 2.16 bits per heavy atom. The average Bonchev–Trinajstić information content (AvgIpc) is 3.28. The first-order valence-electron chi connectivity index (χ1n) is 9.51. The van der Waals surface area contributed by atoms with Crippen LogP contribution in [0.4, 0.5) is 14.6 Å². The van der Waals surface area contributed by atoms with Crippen LogP contribution in [0.5, 0.6) is 5.75 Å². The summed E-state index contributed by atoms with van der Waals surface area (Å²) in [5.41, 5.74) is 9.57. The van der Waals surface area contributed by atoms with Crippen molar-refractivity contribution in [3.63, 3.8) is 0 Å². The quantitative estimate of drug-likeness (QED) is 0.417. The molecule has 3 N–H and O–H groups in total. The van der Waals surface area contributed by atoms with Gasteiger partial charge in [0.05, 0.1) is 33.9 Å². The molecule has 162 valence electrons. The van der Waals surface area contributed by atoms with Crippen LogP contribution in [0.2, 0.25) is 5.02 Å². The van der Waals surface area contributed by atoms with Gasteiger partial charge in [-0.1, -0.05) is 17.7 Å². The SMILES string of the molecule is NC1CCC=C(c2ccc(F)cn2)C1COc1cc(F)c(SNc2cscn2)cc1Cl. The van der Waals surface area contributed by atoms with Gasteiger partial charge in [-0.05, 0) is 48.6 Å². The minimum Gasteiger partial charge on any atom is -0.491 e. The number of halogens is 3. The van der Waals surface area contributed by atoms with E-state index in [1.54, 1.807) is 11.6 Å². The highest BCUT2D eigenvalue weighted by Crippen LogP contribution is 2.36. The lowest BCUT2D eigenvalue weighted by molar-refractivity contribution is 0.252. The number of hydrogen-bond donors (Lipinski definition) is 2. The van der Waals surface area contributed by atoms with Crippen LogP contribution in [-0.4, -0.2) is 22.6 Å². The molecular formula is C21H19ClF2N4OS2. The van der Waals surface area contributed by atoms with Crippen molar-refractivity contribution in [1.82, 2.24) is 9.97 Å². The highest BCUT2D eigenvalue weighted by Gasteiger charge is 2.28. The molecule has 0 saturated heterocycles. The molecule has 1 aromatic carbocycles. The van der Waals surface area contributed by atoms with Crippen LogP contribution in [0.15, 0.2) is 52.3 Å². The molecule has 3 aromatic rings. The number of nitrogens with zero attached hydrogens (tertiary/aromatic N) is 2. The molecule has 1 aliphatic carbocycles. The van der Waals surface area contributed by atoms with Crippen molar-refractivity contribution in [2.24, 2.45) is 11.7 Å². The van der Waals surface area contributed by atoms with E-state index in [4.69, 9.17) is 22.1 Å². The molecule has 0 radical (unpaired) electrons. The van der Waals surface area contributed by atoms with Gasteiger partial charge in [0.25, 0.3) is 0 Å². The lowest BCUT2D eigenvalue weighted by atomic mass is 9.82. The summed E-state index contributed by atoms with van der Waals surface area (Å²) in [6.07, 6.45) is 4.82. The molecule has 0 aliphatic heterocycles. The maximum Gasteiger partial charge on any atom is 0.147 e. The number of thiazole rings is 1. The summed E-state index contributed by atoms with van der Waals surface area (Å²) in [5.74, 6) is -0.156. The first-order chi connectivity index (χ1) is 15.0. The first kappa shape index (κ1) is 22.0. The number of nitrogens with one attached hydrogen (secondary N) is 1. The smallest absolute Gasteiger partial charge is 0.147 e. The summed E-state index contributed by atoms with van der Waals surface area (Å²) in [5, 5.41) is 2.11. The number of benzene rings is 1. The van der Waals surface area contributed by atoms with Gasteiger partial charge < -0.3 is 15.2 Å². The van der Waals surface area contributed by atoms with E-state index >= 15 is 0 Å². The summed E-state index contributed by atoms with van der Waals surface area (Å²) < 4.78 is 36.7. The van der Waals surface area contributed by atoms with Gasteiger partial charge in [0, 0.05) is 23.4 Å². The average molecular weight is 481 g/mol. The molecule has 2 aromatic heterocycles. The molecule has 2 atom stereocenters. The van der Waals surface area contributed by atoms with Crippen LogP contribution in [0.1, 0.15) is 18.5 Å². The van der Waals surface area contributed by atoms with Gasteiger partial charge in [0.1, 0.15) is 23.2 Å². The van der Waals surface area contributed by atoms with Crippen LogP contribution >= 0.6 is 34.9 Å². The molecule has 0 bridgehead atoms. The van der Waals surface area contributed by atoms with Gasteiger partial charge in [-0.25, -0.2) is 13.8 Å². The molecule has 10 heteroatoms. The van der Waals surface area contributed by atoms with E-state index in [0.29, 0.717) is 21.4 Å². The lowest BCUT2D eigenvalue weighted by Gasteiger charge is -2.30. The molecule has 0 saturated carbocycles. The van der Waals surface area contributed by atoms with Crippen LogP contribution in [-0.2, 0) is 0 Å². The fraction of sp³-hybridized carbons (Fsp3) is 0.238. The maximum absolute atomic E-state index is 14.6. The molecular weight excluding hydrogens is 462 g/mol. The third-order valence-electron chi connectivity index (χ3n) is 4.91. The predicted octanol–water partition coefficient (Wildman–Crippen LogP) is 5.79. The van der Waals surface area contributed by atoms with Gasteiger partial charge in [-0.3, -0.25) is 4.98 Å². The van der Waals surface area contributed by atoms with Crippen LogP contribution < -0.4 is 15.2 Å². The van der Waals surface area contributed by atoms with Gasteiger partial charge in [-0.15, -0.1) is 11.3 Å². The molecule has 5 nitrogen and oxygen atoms in total. The second kappa shape index (κ2) is 9.95. The van der Waals surface area contributed by atoms with Gasteiger partial charge >= 0.3 is 0 Å². The van der Waals surface area contributed by atoms with Crippen molar-refractivity contribution in [3.8, 4) is 5.75 Å². The Morgan fingerprint density at radius 3 is 2.90 bits per heavy atom. The van der Waals surface area contributed by atoms with Crippen LogP contribution in [0.25, 0.3) is 5.57 Å². The highest BCUT2D eigenvalue weighted by molar-refractivity contribution is 8.00. The van der Waals surface area contributed by atoms with E-state index in [0.717, 1.165) is 30.4 Å². The third-order valence-corrected chi connectivity index (χ3v) is 6.63. The largest absolute Gasteiger partial charge is 0.491 e. The predicted molar refractivity (Wildman–Crippen MR) is 121 cm³/mol. The minimum absolute atomic E-state index is 0.160. The van der Waals surface area contributed by atoms with E-state index in [1.807, 2.05) is 11.5 Å². The number of nitrogens with two attached hydrogens (primary N) is 1. The fourth-order valence-electron chi connectivity index (χ4n) is 3.32. The van der Waals surface area contributed by atoms with Crippen molar-refractivity contribution in [2.75, 3.05) is 11.3 Å². The number of aromatic nitrogens is 2. The molecule has 0 spiro atoms. The zero-order chi connectivity index (χ0) is 21.8. The van der Waals surface area contributed by atoms with Crippen molar-refractivity contribution < 1.29 is 13.5 Å². The molecule has 31 heavy (non-hydrogen) atoms. The Labute approximate surface area is 191 Å². The summed E-state index contributed by atoms with van der Waals surface area (Å²) in [4.78, 5) is 8.59. The Balaban J connectivity index is 1.46. The standard InChI is InChI=1S/C21H19ClF2N4OS2/c22-15-6-20(31-28-21-10-30-11-27-21)16(24)7-19(15)29-9-14-13(2-1-3-17(14)25)18-5-4-12(23)8-26-18/h2,4-8,10-11,14,17,28H,1,3,9,25H2. The van der Waals surface area contributed by atoms with Gasteiger partial charge in [-0.2, -0.15) is 0 Å². The van der Waals surface area contributed by atoms with Gasteiger partial charge in [0.2, 0.25) is 0 Å². The fourth-order valence-corrected chi connectivity index (χ4v) is 4.82. The molecule has 1 aliphatic rings. The lowest BCUT2D eigenvalue weighted by Crippen LogP contribution is -2.37. The van der Waals surface area contributed by atoms with Crippen molar-refractivity contribution >= 4 is 46.3 Å². The Kier molecular flexibility index (Phi) is 7.06. The number of anilines is 1. The Morgan fingerprint density at radius 1 is 1.29 bits per heavy atom. The summed E-state index contributed by atoms with van der Waals surface area (Å²) in [6, 6.07) is 5.60. The number of allylic oxidation sites excluding steroid dienone is 1. The molecule has 0 fully saturated rings. The molecule has 2 unspecified atom stereocenters. The molecule has 2 heterocycles. The molecule has 0 amide bonds. The van der Waals surface area contributed by atoms with E-state index in [1.165, 1.54) is 35.7 Å². The number of hydrogen-bond acceptors (Lipinski definition) is 7.